The van der Waals surface area contributed by atoms with Crippen molar-refractivity contribution < 1.29 is 41.4 Å². The fourth-order valence-electron chi connectivity index (χ4n) is 0.823. The highest BCUT2D eigenvalue weighted by atomic mass is 19.4. The van der Waals surface area contributed by atoms with Crippen molar-refractivity contribution in [3.05, 3.63) is 0 Å². The van der Waals surface area contributed by atoms with E-state index >= 15 is 0 Å². The predicted octanol–water partition coefficient (Wildman–Crippen LogP) is 0.762. The number of halogens is 6. The molecule has 0 aromatic rings. The van der Waals surface area contributed by atoms with Gasteiger partial charge in [0.2, 0.25) is 0 Å². The molecule has 0 aliphatic carbocycles. The lowest BCUT2D eigenvalue weighted by Crippen LogP contribution is -2.44. The minimum atomic E-state index is -5.07. The van der Waals surface area contributed by atoms with Crippen molar-refractivity contribution in [2.45, 2.75) is 18.5 Å². The SMILES string of the molecule is O=C(O)C(CNCC(O)C(F)(F)F)C(F)(F)F. The van der Waals surface area contributed by atoms with Crippen molar-refractivity contribution >= 4 is 5.97 Å². The van der Waals surface area contributed by atoms with Gasteiger partial charge in [0.15, 0.2) is 12.0 Å². The Labute approximate surface area is 91.2 Å². The molecule has 17 heavy (non-hydrogen) atoms. The standard InChI is InChI=1S/C7H9F6NO3/c8-6(9,10)3(5(16)17)1-14-2-4(15)7(11,12)13/h3-4,14-15H,1-2H2,(H,16,17). The van der Waals surface area contributed by atoms with Gasteiger partial charge in [-0.2, -0.15) is 26.3 Å². The third kappa shape index (κ3) is 5.73. The van der Waals surface area contributed by atoms with Crippen molar-refractivity contribution in [1.29, 1.82) is 0 Å². The van der Waals surface area contributed by atoms with Gasteiger partial charge in [-0.05, 0) is 0 Å². The minimum absolute atomic E-state index is 1.20. The first-order valence-corrected chi connectivity index (χ1v) is 4.21. The normalized spacial score (nSPS) is 16.6. The molecule has 2 unspecified atom stereocenters. The molecule has 0 aromatic carbocycles. The van der Waals surface area contributed by atoms with E-state index in [1.165, 1.54) is 0 Å². The van der Waals surface area contributed by atoms with E-state index in [4.69, 9.17) is 10.2 Å². The van der Waals surface area contributed by atoms with Crippen molar-refractivity contribution in [1.82, 2.24) is 5.32 Å². The van der Waals surface area contributed by atoms with Gasteiger partial charge in [-0.1, -0.05) is 0 Å². The molecular formula is C7H9F6NO3. The number of hydrogen-bond acceptors (Lipinski definition) is 3. The number of carboxylic acids is 1. The predicted molar refractivity (Wildman–Crippen MR) is 42.1 cm³/mol. The third-order valence-corrected chi connectivity index (χ3v) is 1.76. The summed E-state index contributed by atoms with van der Waals surface area (Å²) in [5.74, 6) is -5.02. The van der Waals surface area contributed by atoms with Gasteiger partial charge in [0.1, 0.15) is 0 Å². The molecule has 0 amide bonds. The van der Waals surface area contributed by atoms with E-state index in [2.05, 4.69) is 0 Å². The van der Waals surface area contributed by atoms with E-state index < -0.39 is 43.4 Å². The summed E-state index contributed by atoms with van der Waals surface area (Å²) in [4.78, 5) is 10.2. The maximum atomic E-state index is 12.0. The average Bonchev–Trinajstić information content (AvgIpc) is 2.07. The molecule has 0 spiro atoms. The van der Waals surface area contributed by atoms with Crippen LogP contribution in [-0.4, -0.2) is 47.7 Å². The van der Waals surface area contributed by atoms with Crippen LogP contribution >= 0.6 is 0 Å². The monoisotopic (exact) mass is 269 g/mol. The zero-order valence-electron chi connectivity index (χ0n) is 8.14. The Morgan fingerprint density at radius 1 is 1.06 bits per heavy atom. The van der Waals surface area contributed by atoms with Crippen LogP contribution in [0.1, 0.15) is 0 Å². The lowest BCUT2D eigenvalue weighted by atomic mass is 10.1. The van der Waals surface area contributed by atoms with Crippen LogP contribution in [0.5, 0.6) is 0 Å². The molecule has 102 valence electrons. The summed E-state index contributed by atoms with van der Waals surface area (Å²) in [6.07, 6.45) is -12.9. The van der Waals surface area contributed by atoms with Crippen LogP contribution in [0.3, 0.4) is 0 Å². The van der Waals surface area contributed by atoms with E-state index in [1.807, 2.05) is 0 Å². The van der Waals surface area contributed by atoms with Crippen LogP contribution in [0, 0.1) is 5.92 Å². The lowest BCUT2D eigenvalue weighted by Gasteiger charge is -2.19. The van der Waals surface area contributed by atoms with Crippen LogP contribution in [0.15, 0.2) is 0 Å². The summed E-state index contributed by atoms with van der Waals surface area (Å²) in [6.45, 7) is -2.45. The van der Waals surface area contributed by atoms with Gasteiger partial charge in [0, 0.05) is 13.1 Å². The van der Waals surface area contributed by atoms with Gasteiger partial charge < -0.3 is 15.5 Å². The number of rotatable bonds is 5. The quantitative estimate of drug-likeness (QED) is 0.644. The van der Waals surface area contributed by atoms with Gasteiger partial charge in [0.05, 0.1) is 0 Å². The molecular weight excluding hydrogens is 260 g/mol. The topological polar surface area (TPSA) is 69.6 Å². The van der Waals surface area contributed by atoms with Gasteiger partial charge in [-0.3, -0.25) is 4.79 Å². The summed E-state index contributed by atoms with van der Waals surface area (Å²) in [5.41, 5.74) is 0. The van der Waals surface area contributed by atoms with E-state index in [0.717, 1.165) is 0 Å². The minimum Gasteiger partial charge on any atom is -0.481 e. The van der Waals surface area contributed by atoms with Crippen molar-refractivity contribution in [3.63, 3.8) is 0 Å². The van der Waals surface area contributed by atoms with Gasteiger partial charge in [0.25, 0.3) is 0 Å². The molecule has 4 nitrogen and oxygen atoms in total. The Morgan fingerprint density at radius 3 is 1.82 bits per heavy atom. The largest absolute Gasteiger partial charge is 0.481 e. The molecule has 3 N–H and O–H groups in total. The second-order valence-electron chi connectivity index (χ2n) is 3.15. The number of aliphatic hydroxyl groups excluding tert-OH is 1. The second kappa shape index (κ2) is 5.54. The molecule has 0 aliphatic heterocycles. The molecule has 0 saturated heterocycles. The highest BCUT2D eigenvalue weighted by Gasteiger charge is 2.45. The first kappa shape index (κ1) is 16.0. The summed E-state index contributed by atoms with van der Waals surface area (Å²) in [6, 6.07) is 0. The molecule has 0 fully saturated rings. The Kier molecular flexibility index (Phi) is 5.20. The Bertz CT molecular complexity index is 263. The first-order chi connectivity index (χ1) is 7.46. The number of carbonyl (C=O) groups is 1. The van der Waals surface area contributed by atoms with E-state index in [9.17, 15) is 31.1 Å². The number of nitrogens with one attached hydrogen (secondary N) is 1. The number of aliphatic carboxylic acids is 1. The molecule has 0 rings (SSSR count). The van der Waals surface area contributed by atoms with E-state index in [0.29, 0.717) is 0 Å². The van der Waals surface area contributed by atoms with Crippen molar-refractivity contribution in [3.8, 4) is 0 Å². The van der Waals surface area contributed by atoms with Crippen LogP contribution in [0.4, 0.5) is 26.3 Å². The molecule has 0 heterocycles. The van der Waals surface area contributed by atoms with Gasteiger partial charge >= 0.3 is 18.3 Å². The maximum absolute atomic E-state index is 12.0. The fraction of sp³-hybridized carbons (Fsp3) is 0.857. The number of hydrogen-bond donors (Lipinski definition) is 3. The van der Waals surface area contributed by atoms with Crippen LogP contribution in [0.2, 0.25) is 0 Å². The summed E-state index contributed by atoms with van der Waals surface area (Å²) in [7, 11) is 0. The van der Waals surface area contributed by atoms with Crippen LogP contribution < -0.4 is 5.32 Å². The number of alkyl halides is 6. The van der Waals surface area contributed by atoms with Crippen LogP contribution in [0.25, 0.3) is 0 Å². The zero-order chi connectivity index (χ0) is 13.9. The summed E-state index contributed by atoms with van der Waals surface area (Å²) in [5, 5.41) is 18.2. The molecule has 0 saturated carbocycles. The fourth-order valence-corrected chi connectivity index (χ4v) is 0.823. The van der Waals surface area contributed by atoms with E-state index in [1.54, 1.807) is 5.32 Å². The number of carboxylic acid groups (broad SMARTS) is 1. The highest BCUT2D eigenvalue weighted by Crippen LogP contribution is 2.26. The highest BCUT2D eigenvalue weighted by molar-refractivity contribution is 5.71. The van der Waals surface area contributed by atoms with Crippen LogP contribution in [-0.2, 0) is 4.79 Å². The summed E-state index contributed by atoms with van der Waals surface area (Å²) >= 11 is 0. The molecule has 0 bridgehead atoms. The molecule has 0 aromatic heterocycles. The average molecular weight is 269 g/mol. The van der Waals surface area contributed by atoms with Crippen molar-refractivity contribution in [2.75, 3.05) is 13.1 Å². The number of aliphatic hydroxyl groups is 1. The smallest absolute Gasteiger partial charge is 0.415 e. The van der Waals surface area contributed by atoms with Crippen molar-refractivity contribution in [2.24, 2.45) is 5.92 Å². The Hall–Kier alpha value is -1.03. The maximum Gasteiger partial charge on any atom is 0.415 e. The first-order valence-electron chi connectivity index (χ1n) is 4.21. The van der Waals surface area contributed by atoms with Gasteiger partial charge in [-0.15, -0.1) is 0 Å². The van der Waals surface area contributed by atoms with E-state index in [-0.39, 0.29) is 0 Å². The Morgan fingerprint density at radius 2 is 1.53 bits per heavy atom. The molecule has 2 atom stereocenters. The molecule has 0 radical (unpaired) electrons. The molecule has 0 aliphatic rings. The lowest BCUT2D eigenvalue weighted by molar-refractivity contribution is -0.204. The zero-order valence-corrected chi connectivity index (χ0v) is 8.14. The molecule has 10 heteroatoms. The summed E-state index contributed by atoms with van der Waals surface area (Å²) < 4.78 is 71.3. The second-order valence-corrected chi connectivity index (χ2v) is 3.15. The van der Waals surface area contributed by atoms with Gasteiger partial charge in [-0.25, -0.2) is 0 Å². The third-order valence-electron chi connectivity index (χ3n) is 1.76. The Balaban J connectivity index is 4.22.